The van der Waals surface area contributed by atoms with Crippen molar-refractivity contribution >= 4 is 11.5 Å². The summed E-state index contributed by atoms with van der Waals surface area (Å²) in [4.78, 5) is 2.44. The van der Waals surface area contributed by atoms with Crippen molar-refractivity contribution in [3.63, 3.8) is 0 Å². The topological polar surface area (TPSA) is 33.1 Å². The fourth-order valence-corrected chi connectivity index (χ4v) is 2.57. The predicted molar refractivity (Wildman–Crippen MR) is 68.2 cm³/mol. The fourth-order valence-electron chi connectivity index (χ4n) is 2.57. The number of nitrogens with zero attached hydrogens (tertiary/aromatic N) is 3. The van der Waals surface area contributed by atoms with Gasteiger partial charge in [0.05, 0.1) is 11.2 Å². The molecule has 4 heteroatoms. The molecule has 0 radical (unpaired) electrons. The molecule has 1 N–H and O–H groups in total. The van der Waals surface area contributed by atoms with E-state index >= 15 is 0 Å². The van der Waals surface area contributed by atoms with Gasteiger partial charge in [-0.1, -0.05) is 6.92 Å². The van der Waals surface area contributed by atoms with Crippen LogP contribution in [0.3, 0.4) is 0 Å². The van der Waals surface area contributed by atoms with E-state index in [1.54, 1.807) is 0 Å². The van der Waals surface area contributed by atoms with Crippen LogP contribution in [0.15, 0.2) is 0 Å². The summed E-state index contributed by atoms with van der Waals surface area (Å²) in [5, 5.41) is 8.12. The molecular weight excluding hydrogens is 200 g/mol. The van der Waals surface area contributed by atoms with Gasteiger partial charge >= 0.3 is 0 Å². The number of fused-ring (bicyclic) bond motifs is 1. The molecule has 0 aromatic carbocycles. The van der Waals surface area contributed by atoms with Crippen molar-refractivity contribution < 1.29 is 0 Å². The Bertz CT molecular complexity index is 392. The summed E-state index contributed by atoms with van der Waals surface area (Å²) in [7, 11) is 2.03. The molecule has 0 bridgehead atoms. The molecule has 0 aliphatic carbocycles. The van der Waals surface area contributed by atoms with Gasteiger partial charge in [0.25, 0.3) is 0 Å². The van der Waals surface area contributed by atoms with Crippen molar-refractivity contribution in [2.75, 3.05) is 23.3 Å². The van der Waals surface area contributed by atoms with E-state index in [2.05, 4.69) is 43.0 Å². The van der Waals surface area contributed by atoms with E-state index in [9.17, 15) is 0 Å². The summed E-state index contributed by atoms with van der Waals surface area (Å²) in [5.41, 5.74) is 2.55. The highest BCUT2D eigenvalue weighted by Gasteiger charge is 2.35. The molecule has 2 rings (SSSR count). The zero-order valence-electron chi connectivity index (χ0n) is 11.0. The van der Waals surface area contributed by atoms with E-state index in [1.807, 2.05) is 11.7 Å². The van der Waals surface area contributed by atoms with E-state index in [0.717, 1.165) is 19.5 Å². The van der Waals surface area contributed by atoms with Crippen LogP contribution in [0.2, 0.25) is 0 Å². The van der Waals surface area contributed by atoms with E-state index in [-0.39, 0.29) is 5.54 Å². The van der Waals surface area contributed by atoms with Crippen LogP contribution >= 0.6 is 0 Å². The average molecular weight is 222 g/mol. The van der Waals surface area contributed by atoms with Gasteiger partial charge in [-0.3, -0.25) is 4.68 Å². The number of likely N-dealkylation sites (N-methyl/N-ethyl adjacent to an activating group) is 1. The quantitative estimate of drug-likeness (QED) is 0.831. The number of rotatable bonds is 2. The van der Waals surface area contributed by atoms with E-state index in [4.69, 9.17) is 0 Å². The van der Waals surface area contributed by atoms with Crippen LogP contribution in [-0.2, 0) is 13.5 Å². The third-order valence-corrected chi connectivity index (χ3v) is 3.42. The van der Waals surface area contributed by atoms with Crippen molar-refractivity contribution in [1.29, 1.82) is 0 Å². The number of aryl methyl sites for hydroxylation is 2. The van der Waals surface area contributed by atoms with Crippen LogP contribution in [-0.4, -0.2) is 28.4 Å². The molecule has 1 aliphatic rings. The van der Waals surface area contributed by atoms with Crippen LogP contribution in [0.4, 0.5) is 11.5 Å². The van der Waals surface area contributed by atoms with Gasteiger partial charge in [0.15, 0.2) is 5.82 Å². The Morgan fingerprint density at radius 1 is 1.38 bits per heavy atom. The first kappa shape index (κ1) is 11.3. The lowest BCUT2D eigenvalue weighted by molar-refractivity contribution is 0.468. The summed E-state index contributed by atoms with van der Waals surface area (Å²) < 4.78 is 2.01. The standard InChI is InChI=1S/C12H22N4/c1-6-9-10-11(15(5)14-9)16(7-2)12(3,4)8-13-10/h13H,6-8H2,1-5H3. The summed E-state index contributed by atoms with van der Waals surface area (Å²) in [6.45, 7) is 10.9. The largest absolute Gasteiger partial charge is 0.378 e. The first-order valence-corrected chi connectivity index (χ1v) is 6.08. The van der Waals surface area contributed by atoms with Crippen LogP contribution in [0.1, 0.15) is 33.4 Å². The normalized spacial score (nSPS) is 18.2. The van der Waals surface area contributed by atoms with Crippen LogP contribution in [0.5, 0.6) is 0 Å². The molecule has 1 aromatic rings. The van der Waals surface area contributed by atoms with E-state index in [0.29, 0.717) is 0 Å². The maximum Gasteiger partial charge on any atom is 0.151 e. The lowest BCUT2D eigenvalue weighted by atomic mass is 9.99. The molecule has 4 nitrogen and oxygen atoms in total. The second-order valence-corrected chi connectivity index (χ2v) is 5.03. The minimum Gasteiger partial charge on any atom is -0.378 e. The number of nitrogens with one attached hydrogen (secondary N) is 1. The van der Waals surface area contributed by atoms with Gasteiger partial charge in [-0.25, -0.2) is 0 Å². The Morgan fingerprint density at radius 2 is 2.06 bits per heavy atom. The zero-order valence-corrected chi connectivity index (χ0v) is 11.0. The van der Waals surface area contributed by atoms with Crippen molar-refractivity contribution in [1.82, 2.24) is 9.78 Å². The molecule has 0 amide bonds. The Kier molecular flexibility index (Phi) is 2.60. The van der Waals surface area contributed by atoms with Crippen molar-refractivity contribution in [3.05, 3.63) is 5.69 Å². The van der Waals surface area contributed by atoms with Crippen molar-refractivity contribution in [3.8, 4) is 0 Å². The molecule has 0 saturated carbocycles. The molecule has 0 unspecified atom stereocenters. The molecule has 1 aliphatic heterocycles. The summed E-state index contributed by atoms with van der Waals surface area (Å²) in [6, 6.07) is 0. The molecule has 1 aromatic heterocycles. The number of hydrogen-bond donors (Lipinski definition) is 1. The van der Waals surface area contributed by atoms with Gasteiger partial charge in [0.2, 0.25) is 0 Å². The Labute approximate surface area is 97.6 Å². The van der Waals surface area contributed by atoms with Crippen LogP contribution < -0.4 is 10.2 Å². The molecular formula is C12H22N4. The minimum atomic E-state index is 0.153. The monoisotopic (exact) mass is 222 g/mol. The summed E-state index contributed by atoms with van der Waals surface area (Å²) in [6.07, 6.45) is 0.980. The predicted octanol–water partition coefficient (Wildman–Crippen LogP) is 2.01. The molecule has 90 valence electrons. The Morgan fingerprint density at radius 3 is 2.62 bits per heavy atom. The molecule has 0 spiro atoms. The van der Waals surface area contributed by atoms with Gasteiger partial charge in [0, 0.05) is 20.1 Å². The highest BCUT2D eigenvalue weighted by Crippen LogP contribution is 2.37. The molecule has 16 heavy (non-hydrogen) atoms. The molecule has 2 heterocycles. The third-order valence-electron chi connectivity index (χ3n) is 3.42. The van der Waals surface area contributed by atoms with Crippen molar-refractivity contribution in [2.24, 2.45) is 7.05 Å². The van der Waals surface area contributed by atoms with Crippen molar-refractivity contribution in [2.45, 2.75) is 39.7 Å². The molecule has 0 fully saturated rings. The highest BCUT2D eigenvalue weighted by atomic mass is 15.4. The third kappa shape index (κ3) is 1.47. The fraction of sp³-hybridized carbons (Fsp3) is 0.750. The summed E-state index contributed by atoms with van der Waals surface area (Å²) >= 11 is 0. The van der Waals surface area contributed by atoms with Gasteiger partial charge in [-0.15, -0.1) is 0 Å². The molecule has 0 atom stereocenters. The molecule has 0 saturated heterocycles. The Balaban J connectivity index is 2.53. The van der Waals surface area contributed by atoms with Gasteiger partial charge in [-0.2, -0.15) is 5.10 Å². The highest BCUT2D eigenvalue weighted by molar-refractivity contribution is 5.73. The second kappa shape index (κ2) is 3.68. The maximum atomic E-state index is 4.59. The Hall–Kier alpha value is -1.19. The number of anilines is 2. The lowest BCUT2D eigenvalue weighted by Crippen LogP contribution is -2.52. The smallest absolute Gasteiger partial charge is 0.151 e. The van der Waals surface area contributed by atoms with Crippen LogP contribution in [0, 0.1) is 0 Å². The van der Waals surface area contributed by atoms with Crippen LogP contribution in [0.25, 0.3) is 0 Å². The second-order valence-electron chi connectivity index (χ2n) is 5.03. The zero-order chi connectivity index (χ0) is 11.9. The SMILES string of the molecule is CCc1nn(C)c2c1NCC(C)(C)N2CC. The van der Waals surface area contributed by atoms with Gasteiger partial charge in [-0.05, 0) is 27.2 Å². The average Bonchev–Trinajstić information content (AvgIpc) is 2.55. The number of aromatic nitrogens is 2. The first-order valence-electron chi connectivity index (χ1n) is 6.08. The minimum absolute atomic E-state index is 0.153. The van der Waals surface area contributed by atoms with Gasteiger partial charge < -0.3 is 10.2 Å². The van der Waals surface area contributed by atoms with E-state index in [1.165, 1.54) is 17.2 Å². The summed E-state index contributed by atoms with van der Waals surface area (Å²) in [5.74, 6) is 1.23. The van der Waals surface area contributed by atoms with E-state index < -0.39 is 0 Å². The van der Waals surface area contributed by atoms with Gasteiger partial charge in [0.1, 0.15) is 5.69 Å². The maximum absolute atomic E-state index is 4.59. The lowest BCUT2D eigenvalue weighted by Gasteiger charge is -2.43. The first-order chi connectivity index (χ1) is 7.51. The number of hydrogen-bond acceptors (Lipinski definition) is 3.